The van der Waals surface area contributed by atoms with Crippen molar-refractivity contribution in [3.8, 4) is 0 Å². The van der Waals surface area contributed by atoms with E-state index in [0.29, 0.717) is 41.7 Å². The van der Waals surface area contributed by atoms with Gasteiger partial charge in [0.05, 0.1) is 12.2 Å². The molecule has 0 unspecified atom stereocenters. The molecule has 0 aliphatic heterocycles. The maximum atomic E-state index is 12.2. The number of anilines is 2. The van der Waals surface area contributed by atoms with Crippen molar-refractivity contribution in [3.05, 3.63) is 47.3 Å². The third-order valence-corrected chi connectivity index (χ3v) is 3.55. The zero-order chi connectivity index (χ0) is 18.9. The summed E-state index contributed by atoms with van der Waals surface area (Å²) in [6.07, 6.45) is 1.94. The fourth-order valence-electron chi connectivity index (χ4n) is 2.24. The molecule has 26 heavy (non-hydrogen) atoms. The molecule has 0 bridgehead atoms. The lowest BCUT2D eigenvalue weighted by Crippen LogP contribution is -2.25. The second kappa shape index (κ2) is 9.50. The van der Waals surface area contributed by atoms with Crippen molar-refractivity contribution in [2.75, 3.05) is 18.5 Å². The van der Waals surface area contributed by atoms with Crippen molar-refractivity contribution in [1.82, 2.24) is 15.3 Å². The minimum atomic E-state index is -0.364. The normalized spacial score (nSPS) is 10.3. The molecule has 2 N–H and O–H groups in total. The number of aromatic nitrogens is 2. The zero-order valence-corrected chi connectivity index (χ0v) is 15.3. The maximum absolute atomic E-state index is 12.2. The summed E-state index contributed by atoms with van der Waals surface area (Å²) < 4.78 is 4.96. The predicted molar refractivity (Wildman–Crippen MR) is 99.7 cm³/mol. The lowest BCUT2D eigenvalue weighted by Gasteiger charge is -2.09. The smallest absolute Gasteiger partial charge is 0.338 e. The lowest BCUT2D eigenvalue weighted by molar-refractivity contribution is 0.0526. The van der Waals surface area contributed by atoms with Crippen LogP contribution < -0.4 is 10.6 Å². The number of nitrogens with zero attached hydrogens (tertiary/aromatic N) is 2. The molecule has 0 spiro atoms. The van der Waals surface area contributed by atoms with Gasteiger partial charge in [0.15, 0.2) is 0 Å². The van der Waals surface area contributed by atoms with Gasteiger partial charge in [0, 0.05) is 17.9 Å². The number of unbranched alkanes of at least 4 members (excludes halogenated alkanes) is 1. The molecule has 1 aromatic heterocycles. The van der Waals surface area contributed by atoms with Crippen molar-refractivity contribution >= 4 is 23.5 Å². The Bertz CT molecular complexity index is 760. The number of nitrogens with one attached hydrogen (secondary N) is 2. The van der Waals surface area contributed by atoms with Gasteiger partial charge in [-0.25, -0.2) is 14.8 Å². The highest BCUT2D eigenvalue weighted by molar-refractivity contribution is 5.92. The van der Waals surface area contributed by atoms with Gasteiger partial charge in [-0.2, -0.15) is 0 Å². The van der Waals surface area contributed by atoms with Crippen LogP contribution in [-0.2, 0) is 4.74 Å². The first-order chi connectivity index (χ1) is 12.5. The van der Waals surface area contributed by atoms with E-state index in [4.69, 9.17) is 4.74 Å². The lowest BCUT2D eigenvalue weighted by atomic mass is 10.2. The van der Waals surface area contributed by atoms with E-state index in [1.165, 1.54) is 0 Å². The summed E-state index contributed by atoms with van der Waals surface area (Å²) in [5.74, 6) is -0.254. The summed E-state index contributed by atoms with van der Waals surface area (Å²) in [4.78, 5) is 32.4. The minimum absolute atomic E-state index is 0.218. The topological polar surface area (TPSA) is 93.2 Å². The summed E-state index contributed by atoms with van der Waals surface area (Å²) >= 11 is 0. The number of hydrogen-bond donors (Lipinski definition) is 2. The summed E-state index contributed by atoms with van der Waals surface area (Å²) in [6.45, 7) is 6.59. The van der Waals surface area contributed by atoms with Gasteiger partial charge in [0.1, 0.15) is 5.69 Å². The van der Waals surface area contributed by atoms with Crippen LogP contribution in [0.15, 0.2) is 30.3 Å². The van der Waals surface area contributed by atoms with Gasteiger partial charge in [0.25, 0.3) is 5.91 Å². The van der Waals surface area contributed by atoms with Crippen LogP contribution in [0.25, 0.3) is 0 Å². The maximum Gasteiger partial charge on any atom is 0.338 e. The van der Waals surface area contributed by atoms with Gasteiger partial charge in [-0.3, -0.25) is 4.79 Å². The third kappa shape index (κ3) is 5.54. The van der Waals surface area contributed by atoms with Crippen molar-refractivity contribution in [3.63, 3.8) is 0 Å². The number of amides is 1. The average Bonchev–Trinajstić information content (AvgIpc) is 2.62. The highest BCUT2D eigenvalue weighted by Gasteiger charge is 2.11. The van der Waals surface area contributed by atoms with Gasteiger partial charge >= 0.3 is 5.97 Å². The Morgan fingerprint density at radius 1 is 1.12 bits per heavy atom. The fourth-order valence-corrected chi connectivity index (χ4v) is 2.24. The molecule has 7 nitrogen and oxygen atoms in total. The second-order valence-corrected chi connectivity index (χ2v) is 5.75. The highest BCUT2D eigenvalue weighted by atomic mass is 16.5. The van der Waals surface area contributed by atoms with Crippen molar-refractivity contribution in [2.45, 2.75) is 33.6 Å². The van der Waals surface area contributed by atoms with Gasteiger partial charge in [-0.15, -0.1) is 0 Å². The second-order valence-electron chi connectivity index (χ2n) is 5.75. The summed E-state index contributed by atoms with van der Waals surface area (Å²) in [5.41, 5.74) is 2.19. The number of carbonyl (C=O) groups excluding carboxylic acids is 2. The molecule has 0 saturated heterocycles. The third-order valence-electron chi connectivity index (χ3n) is 3.55. The number of esters is 1. The molecule has 2 aromatic rings. The van der Waals surface area contributed by atoms with Gasteiger partial charge in [-0.1, -0.05) is 13.3 Å². The number of aryl methyl sites for hydroxylation is 1. The first kappa shape index (κ1) is 19.4. The number of ether oxygens (including phenoxy) is 1. The van der Waals surface area contributed by atoms with Crippen LogP contribution in [0.5, 0.6) is 0 Å². The monoisotopic (exact) mass is 356 g/mol. The zero-order valence-electron chi connectivity index (χ0n) is 15.3. The van der Waals surface area contributed by atoms with Gasteiger partial charge < -0.3 is 15.4 Å². The Morgan fingerprint density at radius 2 is 1.85 bits per heavy atom. The van der Waals surface area contributed by atoms with Crippen LogP contribution in [0.4, 0.5) is 11.6 Å². The van der Waals surface area contributed by atoms with E-state index in [1.807, 2.05) is 0 Å². The molecular weight excluding hydrogens is 332 g/mol. The molecule has 0 aliphatic carbocycles. The molecule has 7 heteroatoms. The van der Waals surface area contributed by atoms with E-state index >= 15 is 0 Å². The van der Waals surface area contributed by atoms with E-state index in [-0.39, 0.29) is 11.9 Å². The minimum Gasteiger partial charge on any atom is -0.462 e. The summed E-state index contributed by atoms with van der Waals surface area (Å²) in [6, 6.07) is 8.44. The molecule has 0 aliphatic rings. The Kier molecular flexibility index (Phi) is 7.08. The van der Waals surface area contributed by atoms with Crippen LogP contribution in [0.2, 0.25) is 0 Å². The largest absolute Gasteiger partial charge is 0.462 e. The quantitative estimate of drug-likeness (QED) is 0.557. The molecule has 1 aromatic carbocycles. The molecule has 0 fully saturated rings. The van der Waals surface area contributed by atoms with Crippen molar-refractivity contribution in [1.29, 1.82) is 0 Å². The highest BCUT2D eigenvalue weighted by Crippen LogP contribution is 2.15. The Labute approximate surface area is 153 Å². The molecule has 1 amide bonds. The van der Waals surface area contributed by atoms with E-state index in [1.54, 1.807) is 44.2 Å². The number of rotatable bonds is 8. The van der Waals surface area contributed by atoms with Crippen LogP contribution in [0.3, 0.4) is 0 Å². The Morgan fingerprint density at radius 3 is 2.50 bits per heavy atom. The Hall–Kier alpha value is -2.96. The molecule has 0 saturated carbocycles. The first-order valence-electron chi connectivity index (χ1n) is 8.71. The van der Waals surface area contributed by atoms with Crippen molar-refractivity contribution < 1.29 is 14.3 Å². The standard InChI is InChI=1S/C19H24N4O3/c1-4-6-11-20-17(24)16-12-13(3)21-19(23-16)22-15-9-7-14(8-10-15)18(25)26-5-2/h7-10,12H,4-6,11H2,1-3H3,(H,20,24)(H,21,22,23). The molecule has 2 rings (SSSR count). The average molecular weight is 356 g/mol. The van der Waals surface area contributed by atoms with Crippen molar-refractivity contribution in [2.24, 2.45) is 0 Å². The number of carbonyl (C=O) groups is 2. The van der Waals surface area contributed by atoms with Crippen LogP contribution in [-0.4, -0.2) is 35.0 Å². The fraction of sp³-hybridized carbons (Fsp3) is 0.368. The SMILES string of the molecule is CCCCNC(=O)c1cc(C)nc(Nc2ccc(C(=O)OCC)cc2)n1. The molecule has 1 heterocycles. The van der Waals surface area contributed by atoms with Crippen LogP contribution in [0.1, 0.15) is 53.2 Å². The van der Waals surface area contributed by atoms with Crippen LogP contribution in [0, 0.1) is 6.92 Å². The van der Waals surface area contributed by atoms with Crippen LogP contribution >= 0.6 is 0 Å². The van der Waals surface area contributed by atoms with E-state index in [2.05, 4.69) is 27.5 Å². The molecule has 0 radical (unpaired) electrons. The summed E-state index contributed by atoms with van der Waals surface area (Å²) in [5, 5.41) is 5.89. The number of benzene rings is 1. The van der Waals surface area contributed by atoms with Gasteiger partial charge in [-0.05, 0) is 50.6 Å². The number of hydrogen-bond acceptors (Lipinski definition) is 6. The van der Waals surface area contributed by atoms with E-state index in [9.17, 15) is 9.59 Å². The molecule has 0 atom stereocenters. The van der Waals surface area contributed by atoms with E-state index < -0.39 is 0 Å². The Balaban J connectivity index is 2.09. The summed E-state index contributed by atoms with van der Waals surface area (Å²) in [7, 11) is 0. The molecule has 138 valence electrons. The van der Waals surface area contributed by atoms with Gasteiger partial charge in [0.2, 0.25) is 5.95 Å². The first-order valence-corrected chi connectivity index (χ1v) is 8.71. The van der Waals surface area contributed by atoms with E-state index in [0.717, 1.165) is 12.8 Å². The molecular formula is C19H24N4O3. The predicted octanol–water partition coefficient (Wildman–Crippen LogP) is 3.24.